The maximum Gasteiger partial charge on any atom is 0.238 e. The molecule has 4 rings (SSSR count). The van der Waals surface area contributed by atoms with Gasteiger partial charge in [0.05, 0.1) is 33.6 Å². The molecule has 192 valence electrons. The van der Waals surface area contributed by atoms with E-state index in [9.17, 15) is 9.59 Å². The number of rotatable bonds is 8. The van der Waals surface area contributed by atoms with Crippen LogP contribution in [0.25, 0.3) is 0 Å². The maximum absolute atomic E-state index is 13.4. The summed E-state index contributed by atoms with van der Waals surface area (Å²) in [5.41, 5.74) is 2.17. The molecule has 3 aromatic carbocycles. The van der Waals surface area contributed by atoms with Crippen LogP contribution >= 0.6 is 34.4 Å². The lowest BCUT2D eigenvalue weighted by atomic mass is 10.1. The number of nitrogens with zero attached hydrogens (tertiary/aromatic N) is 2. The highest BCUT2D eigenvalue weighted by atomic mass is 127. The minimum atomic E-state index is -0.620. The van der Waals surface area contributed by atoms with Gasteiger partial charge < -0.3 is 19.5 Å². The maximum atomic E-state index is 13.4. The Morgan fingerprint density at radius 2 is 1.70 bits per heavy atom. The van der Waals surface area contributed by atoms with Crippen molar-refractivity contribution in [1.82, 2.24) is 4.90 Å². The van der Waals surface area contributed by atoms with E-state index < -0.39 is 5.25 Å². The summed E-state index contributed by atoms with van der Waals surface area (Å²) < 4.78 is 17.1. The van der Waals surface area contributed by atoms with Crippen molar-refractivity contribution >= 4 is 62.7 Å². The second kappa shape index (κ2) is 12.3. The molecular formula is C27H26IN3O5S. The predicted molar refractivity (Wildman–Crippen MR) is 154 cm³/mol. The van der Waals surface area contributed by atoms with Gasteiger partial charge in [0, 0.05) is 15.7 Å². The normalized spacial score (nSPS) is 16.4. The number of amidine groups is 1. The van der Waals surface area contributed by atoms with Gasteiger partial charge in [-0.2, -0.15) is 0 Å². The zero-order valence-corrected chi connectivity index (χ0v) is 23.5. The third-order valence-electron chi connectivity index (χ3n) is 5.63. The summed E-state index contributed by atoms with van der Waals surface area (Å²) >= 11 is 3.48. The van der Waals surface area contributed by atoms with E-state index in [1.807, 2.05) is 36.4 Å². The first-order valence-corrected chi connectivity index (χ1v) is 13.3. The average Bonchev–Trinajstić information content (AvgIpc) is 2.92. The Balaban J connectivity index is 1.61. The van der Waals surface area contributed by atoms with E-state index in [0.717, 1.165) is 9.13 Å². The van der Waals surface area contributed by atoms with E-state index in [0.29, 0.717) is 33.8 Å². The topological polar surface area (TPSA) is 89.5 Å². The van der Waals surface area contributed by atoms with Gasteiger partial charge in [-0.25, -0.2) is 4.99 Å². The summed E-state index contributed by atoms with van der Waals surface area (Å²) in [4.78, 5) is 32.8. The van der Waals surface area contributed by atoms with Crippen LogP contribution in [0.1, 0.15) is 12.0 Å². The first-order valence-electron chi connectivity index (χ1n) is 11.4. The number of nitrogens with one attached hydrogen (secondary N) is 1. The number of carbonyl (C=O) groups excluding carboxylic acids is 2. The largest absolute Gasteiger partial charge is 0.497 e. The van der Waals surface area contributed by atoms with Crippen LogP contribution in [-0.2, 0) is 16.1 Å². The van der Waals surface area contributed by atoms with Gasteiger partial charge in [-0.3, -0.25) is 14.5 Å². The molecule has 3 aromatic rings. The van der Waals surface area contributed by atoms with Gasteiger partial charge >= 0.3 is 0 Å². The zero-order valence-electron chi connectivity index (χ0n) is 20.6. The Hall–Kier alpha value is -3.25. The number of benzene rings is 3. The molecule has 8 nitrogen and oxygen atoms in total. The number of ether oxygens (including phenoxy) is 3. The van der Waals surface area contributed by atoms with Crippen molar-refractivity contribution in [2.75, 3.05) is 26.6 Å². The first-order chi connectivity index (χ1) is 17.9. The van der Waals surface area contributed by atoms with Gasteiger partial charge in [-0.05, 0) is 88.8 Å². The van der Waals surface area contributed by atoms with Crippen molar-refractivity contribution in [2.24, 2.45) is 4.99 Å². The van der Waals surface area contributed by atoms with Gasteiger partial charge in [-0.1, -0.05) is 17.8 Å². The molecule has 0 aromatic heterocycles. The van der Waals surface area contributed by atoms with Crippen molar-refractivity contribution in [2.45, 2.75) is 18.2 Å². The SMILES string of the molecule is COc1ccc(N=C2SC(C(=O)Nc3ccc(I)cc3)CC(=O)N2Cc2ccc(OC)c(OC)c2)cc1. The van der Waals surface area contributed by atoms with Crippen molar-refractivity contribution in [1.29, 1.82) is 0 Å². The molecule has 1 saturated heterocycles. The molecule has 1 heterocycles. The second-order valence-corrected chi connectivity index (χ2v) is 10.5. The summed E-state index contributed by atoms with van der Waals surface area (Å²) in [6, 6.07) is 20.2. The zero-order chi connectivity index (χ0) is 26.4. The smallest absolute Gasteiger partial charge is 0.238 e. The van der Waals surface area contributed by atoms with E-state index >= 15 is 0 Å². The molecule has 1 fully saturated rings. The molecular weight excluding hydrogens is 605 g/mol. The van der Waals surface area contributed by atoms with Crippen molar-refractivity contribution in [3.63, 3.8) is 0 Å². The molecule has 1 unspecified atom stereocenters. The Kier molecular flexibility index (Phi) is 8.93. The van der Waals surface area contributed by atoms with E-state index in [4.69, 9.17) is 19.2 Å². The standard InChI is InChI=1S/C27H26IN3O5S/c1-34-21-11-9-20(10-12-21)30-27-31(16-17-4-13-22(35-2)23(14-17)36-3)25(32)15-24(37-27)26(33)29-19-7-5-18(28)6-8-19/h4-14,24H,15-16H2,1-3H3,(H,29,33). The number of hydrogen-bond donors (Lipinski definition) is 1. The van der Waals surface area contributed by atoms with Gasteiger partial charge in [0.25, 0.3) is 0 Å². The lowest BCUT2D eigenvalue weighted by molar-refractivity contribution is -0.129. The third kappa shape index (κ3) is 6.75. The molecule has 10 heteroatoms. The van der Waals surface area contributed by atoms with E-state index in [2.05, 4.69) is 27.9 Å². The highest BCUT2D eigenvalue weighted by Gasteiger charge is 2.36. The number of halogens is 1. The molecule has 1 N–H and O–H groups in total. The van der Waals surface area contributed by atoms with E-state index in [1.165, 1.54) is 11.8 Å². The van der Waals surface area contributed by atoms with Gasteiger partial charge in [0.2, 0.25) is 11.8 Å². The Morgan fingerprint density at radius 1 is 1.00 bits per heavy atom. The fourth-order valence-corrected chi connectivity index (χ4v) is 5.14. The number of amides is 2. The highest BCUT2D eigenvalue weighted by Crippen LogP contribution is 2.33. The van der Waals surface area contributed by atoms with Crippen LogP contribution in [0.5, 0.6) is 17.2 Å². The lowest BCUT2D eigenvalue weighted by Gasteiger charge is -2.32. The van der Waals surface area contributed by atoms with Gasteiger partial charge in [0.15, 0.2) is 16.7 Å². The summed E-state index contributed by atoms with van der Waals surface area (Å²) in [6.07, 6.45) is 0.0514. The second-order valence-electron chi connectivity index (χ2n) is 8.07. The van der Waals surface area contributed by atoms with Crippen molar-refractivity contribution in [3.05, 3.63) is 75.9 Å². The fourth-order valence-electron chi connectivity index (χ4n) is 3.68. The highest BCUT2D eigenvalue weighted by molar-refractivity contribution is 14.1. The van der Waals surface area contributed by atoms with Crippen LogP contribution in [0.4, 0.5) is 11.4 Å². The summed E-state index contributed by atoms with van der Waals surface area (Å²) in [6.45, 7) is 0.270. The number of aliphatic imine (C=N–C) groups is 1. The number of thioether (sulfide) groups is 1. The molecule has 1 aliphatic heterocycles. The molecule has 0 aliphatic carbocycles. The molecule has 2 amide bonds. The summed E-state index contributed by atoms with van der Waals surface area (Å²) in [7, 11) is 4.73. The molecule has 0 spiro atoms. The molecule has 1 atom stereocenters. The minimum Gasteiger partial charge on any atom is -0.497 e. The van der Waals surface area contributed by atoms with Crippen LogP contribution in [-0.4, -0.2) is 48.5 Å². The molecule has 0 saturated carbocycles. The first kappa shape index (κ1) is 26.8. The Labute approximate surface area is 233 Å². The predicted octanol–water partition coefficient (Wildman–Crippen LogP) is 5.48. The average molecular weight is 631 g/mol. The Bertz CT molecular complexity index is 1300. The van der Waals surface area contributed by atoms with Crippen LogP contribution in [0.2, 0.25) is 0 Å². The minimum absolute atomic E-state index is 0.0514. The van der Waals surface area contributed by atoms with Crippen LogP contribution < -0.4 is 19.5 Å². The molecule has 0 bridgehead atoms. The van der Waals surface area contributed by atoms with E-state index in [1.54, 1.807) is 56.6 Å². The summed E-state index contributed by atoms with van der Waals surface area (Å²) in [5, 5.41) is 2.74. The van der Waals surface area contributed by atoms with Crippen LogP contribution in [0.3, 0.4) is 0 Å². The molecule has 1 aliphatic rings. The number of methoxy groups -OCH3 is 3. The van der Waals surface area contributed by atoms with Crippen molar-refractivity contribution < 1.29 is 23.8 Å². The van der Waals surface area contributed by atoms with E-state index in [-0.39, 0.29) is 24.8 Å². The van der Waals surface area contributed by atoms with Crippen LogP contribution in [0, 0.1) is 3.57 Å². The van der Waals surface area contributed by atoms with Crippen LogP contribution in [0.15, 0.2) is 71.7 Å². The monoisotopic (exact) mass is 631 g/mol. The van der Waals surface area contributed by atoms with Gasteiger partial charge in [0.1, 0.15) is 11.0 Å². The molecule has 37 heavy (non-hydrogen) atoms. The number of anilines is 1. The number of carbonyl (C=O) groups is 2. The fraction of sp³-hybridized carbons (Fsp3) is 0.222. The summed E-state index contributed by atoms with van der Waals surface area (Å²) in [5.74, 6) is 1.44. The lowest BCUT2D eigenvalue weighted by Crippen LogP contribution is -2.44. The Morgan fingerprint density at radius 3 is 2.35 bits per heavy atom. The number of hydrogen-bond acceptors (Lipinski definition) is 7. The third-order valence-corrected chi connectivity index (χ3v) is 7.54. The van der Waals surface area contributed by atoms with Gasteiger partial charge in [-0.15, -0.1) is 0 Å². The quantitative estimate of drug-likeness (QED) is 0.332. The van der Waals surface area contributed by atoms with Crippen molar-refractivity contribution in [3.8, 4) is 17.2 Å². The molecule has 0 radical (unpaired) electrons.